The molecule has 0 aliphatic heterocycles. The van der Waals surface area contributed by atoms with Crippen molar-refractivity contribution < 1.29 is 5.11 Å². The highest BCUT2D eigenvalue weighted by Gasteiger charge is 2.03. The van der Waals surface area contributed by atoms with Crippen LogP contribution in [-0.2, 0) is 20.1 Å². The van der Waals surface area contributed by atoms with Crippen LogP contribution in [0.25, 0.3) is 0 Å². The first-order valence-corrected chi connectivity index (χ1v) is 5.55. The molecule has 0 saturated heterocycles. The van der Waals surface area contributed by atoms with Crippen molar-refractivity contribution in [2.75, 3.05) is 11.9 Å². The number of anilines is 1. The highest BCUT2D eigenvalue weighted by molar-refractivity contribution is 5.39. The maximum Gasteiger partial charge on any atom is 0.0729 e. The van der Waals surface area contributed by atoms with Gasteiger partial charge in [-0.25, -0.2) is 0 Å². The minimum absolute atomic E-state index is 0.100. The Hall–Kier alpha value is -1.82. The Balaban J connectivity index is 1.95. The van der Waals surface area contributed by atoms with Crippen molar-refractivity contribution in [3.8, 4) is 0 Å². The van der Waals surface area contributed by atoms with E-state index in [0.717, 1.165) is 17.9 Å². The largest absolute Gasteiger partial charge is 0.394 e. The summed E-state index contributed by atoms with van der Waals surface area (Å²) in [4.78, 5) is 0. The van der Waals surface area contributed by atoms with Crippen LogP contribution in [0.5, 0.6) is 0 Å². The van der Waals surface area contributed by atoms with Gasteiger partial charge >= 0.3 is 0 Å². The molecule has 0 unspecified atom stereocenters. The van der Waals surface area contributed by atoms with Crippen LogP contribution in [0.15, 0.2) is 18.6 Å². The minimum Gasteiger partial charge on any atom is -0.394 e. The topological polar surface area (TPSA) is 67.9 Å². The van der Waals surface area contributed by atoms with Gasteiger partial charge in [-0.15, -0.1) is 0 Å². The summed E-state index contributed by atoms with van der Waals surface area (Å²) >= 11 is 0. The van der Waals surface area contributed by atoms with E-state index >= 15 is 0 Å². The molecule has 0 spiro atoms. The van der Waals surface area contributed by atoms with E-state index in [1.54, 1.807) is 10.9 Å². The zero-order chi connectivity index (χ0) is 12.3. The van der Waals surface area contributed by atoms with Crippen LogP contribution in [0.2, 0.25) is 0 Å². The van der Waals surface area contributed by atoms with E-state index in [-0.39, 0.29) is 6.61 Å². The van der Waals surface area contributed by atoms with Gasteiger partial charge in [-0.3, -0.25) is 9.36 Å². The number of hydrogen-bond donors (Lipinski definition) is 2. The maximum absolute atomic E-state index is 8.78. The summed E-state index contributed by atoms with van der Waals surface area (Å²) in [7, 11) is 1.91. The summed E-state index contributed by atoms with van der Waals surface area (Å²) in [6.45, 7) is 3.34. The second-order valence-corrected chi connectivity index (χ2v) is 3.98. The third-order valence-electron chi connectivity index (χ3n) is 2.56. The molecular weight excluding hydrogens is 218 g/mol. The number of aromatic nitrogens is 4. The van der Waals surface area contributed by atoms with E-state index in [2.05, 4.69) is 15.5 Å². The molecule has 0 radical (unpaired) electrons. The smallest absolute Gasteiger partial charge is 0.0729 e. The Morgan fingerprint density at radius 1 is 1.41 bits per heavy atom. The van der Waals surface area contributed by atoms with Crippen molar-refractivity contribution in [3.63, 3.8) is 0 Å². The van der Waals surface area contributed by atoms with Crippen LogP contribution in [0.3, 0.4) is 0 Å². The van der Waals surface area contributed by atoms with Crippen LogP contribution < -0.4 is 5.32 Å². The molecule has 0 aliphatic carbocycles. The second-order valence-electron chi connectivity index (χ2n) is 3.98. The molecule has 0 aromatic carbocycles. The first-order chi connectivity index (χ1) is 8.19. The van der Waals surface area contributed by atoms with Crippen molar-refractivity contribution in [1.29, 1.82) is 0 Å². The lowest BCUT2D eigenvalue weighted by Crippen LogP contribution is -2.02. The number of nitrogens with one attached hydrogen (secondary N) is 1. The Morgan fingerprint density at radius 3 is 2.88 bits per heavy atom. The zero-order valence-corrected chi connectivity index (χ0v) is 10.1. The number of aliphatic hydroxyl groups is 1. The van der Waals surface area contributed by atoms with Crippen LogP contribution in [0.1, 0.15) is 11.3 Å². The molecule has 17 heavy (non-hydrogen) atoms. The van der Waals surface area contributed by atoms with Gasteiger partial charge < -0.3 is 10.4 Å². The molecule has 2 aromatic rings. The second kappa shape index (κ2) is 5.01. The number of rotatable bonds is 5. The molecule has 6 heteroatoms. The Kier molecular flexibility index (Phi) is 3.43. The van der Waals surface area contributed by atoms with Crippen molar-refractivity contribution in [1.82, 2.24) is 19.6 Å². The molecule has 0 atom stereocenters. The van der Waals surface area contributed by atoms with E-state index in [9.17, 15) is 0 Å². The van der Waals surface area contributed by atoms with Gasteiger partial charge in [0.1, 0.15) is 0 Å². The molecule has 6 nitrogen and oxygen atoms in total. The molecule has 0 bridgehead atoms. The van der Waals surface area contributed by atoms with Crippen molar-refractivity contribution >= 4 is 5.69 Å². The monoisotopic (exact) mass is 235 g/mol. The van der Waals surface area contributed by atoms with Gasteiger partial charge in [-0.2, -0.15) is 10.2 Å². The summed E-state index contributed by atoms with van der Waals surface area (Å²) in [5, 5.41) is 20.5. The molecule has 2 aromatic heterocycles. The highest BCUT2D eigenvalue weighted by Crippen LogP contribution is 2.10. The van der Waals surface area contributed by atoms with Gasteiger partial charge in [-0.1, -0.05) is 0 Å². The van der Waals surface area contributed by atoms with Crippen LogP contribution in [0.4, 0.5) is 5.69 Å². The van der Waals surface area contributed by atoms with Gasteiger partial charge in [0.05, 0.1) is 30.7 Å². The average Bonchev–Trinajstić information content (AvgIpc) is 2.83. The summed E-state index contributed by atoms with van der Waals surface area (Å²) in [5.41, 5.74) is 3.15. The molecule has 0 aliphatic rings. The summed E-state index contributed by atoms with van der Waals surface area (Å²) in [6.07, 6.45) is 5.63. The number of nitrogens with zero attached hydrogens (tertiary/aromatic N) is 4. The third-order valence-corrected chi connectivity index (χ3v) is 2.56. The molecule has 92 valence electrons. The predicted octanol–water partition coefficient (Wildman–Crippen LogP) is 0.529. The molecular formula is C11H17N5O. The Morgan fingerprint density at radius 2 is 2.24 bits per heavy atom. The van der Waals surface area contributed by atoms with Gasteiger partial charge in [0.25, 0.3) is 0 Å². The number of hydrogen-bond acceptors (Lipinski definition) is 4. The molecule has 0 fully saturated rings. The van der Waals surface area contributed by atoms with Gasteiger partial charge in [0.2, 0.25) is 0 Å². The first kappa shape index (κ1) is 11.7. The number of aliphatic hydroxyl groups excluding tert-OH is 1. The molecule has 2 heterocycles. The van der Waals surface area contributed by atoms with Crippen LogP contribution >= 0.6 is 0 Å². The van der Waals surface area contributed by atoms with E-state index in [1.165, 1.54) is 5.56 Å². The lowest BCUT2D eigenvalue weighted by atomic mass is 10.2. The fraction of sp³-hybridized carbons (Fsp3) is 0.455. The molecule has 2 N–H and O–H groups in total. The Labute approximate surface area is 99.9 Å². The average molecular weight is 235 g/mol. The summed E-state index contributed by atoms with van der Waals surface area (Å²) in [6, 6.07) is 0. The summed E-state index contributed by atoms with van der Waals surface area (Å²) < 4.78 is 3.51. The fourth-order valence-electron chi connectivity index (χ4n) is 1.70. The van der Waals surface area contributed by atoms with Gasteiger partial charge in [-0.05, 0) is 6.92 Å². The normalized spacial score (nSPS) is 10.8. The number of aryl methyl sites for hydroxylation is 2. The standard InChI is InChI=1S/C11H17N5O/c1-9-10(7-15(2)14-9)5-12-11-6-13-16(8-11)3-4-17/h6-8,12,17H,3-5H2,1-2H3. The van der Waals surface area contributed by atoms with E-state index in [0.29, 0.717) is 6.54 Å². The van der Waals surface area contributed by atoms with E-state index < -0.39 is 0 Å². The molecule has 0 amide bonds. The van der Waals surface area contributed by atoms with Crippen molar-refractivity contribution in [2.45, 2.75) is 20.0 Å². The first-order valence-electron chi connectivity index (χ1n) is 5.55. The fourth-order valence-corrected chi connectivity index (χ4v) is 1.70. The van der Waals surface area contributed by atoms with E-state index in [4.69, 9.17) is 5.11 Å². The van der Waals surface area contributed by atoms with Gasteiger partial charge in [0.15, 0.2) is 0 Å². The van der Waals surface area contributed by atoms with E-state index in [1.807, 2.05) is 31.0 Å². The predicted molar refractivity (Wildman–Crippen MR) is 64.6 cm³/mol. The van der Waals surface area contributed by atoms with Crippen LogP contribution in [-0.4, -0.2) is 31.3 Å². The SMILES string of the molecule is Cc1nn(C)cc1CNc1cnn(CCO)c1. The Bertz CT molecular complexity index is 488. The van der Waals surface area contributed by atoms with Crippen molar-refractivity contribution in [3.05, 3.63) is 29.8 Å². The molecule has 2 rings (SSSR count). The van der Waals surface area contributed by atoms with Crippen LogP contribution in [0, 0.1) is 6.92 Å². The third kappa shape index (κ3) is 2.85. The lowest BCUT2D eigenvalue weighted by Gasteiger charge is -2.01. The summed E-state index contributed by atoms with van der Waals surface area (Å²) in [5.74, 6) is 0. The van der Waals surface area contributed by atoms with Gasteiger partial charge in [0, 0.05) is 31.5 Å². The quantitative estimate of drug-likeness (QED) is 0.793. The maximum atomic E-state index is 8.78. The minimum atomic E-state index is 0.100. The molecule has 0 saturated carbocycles. The lowest BCUT2D eigenvalue weighted by molar-refractivity contribution is 0.269. The highest BCUT2D eigenvalue weighted by atomic mass is 16.3. The zero-order valence-electron chi connectivity index (χ0n) is 10.1. The van der Waals surface area contributed by atoms with Crippen molar-refractivity contribution in [2.24, 2.45) is 7.05 Å².